The molecule has 20 heavy (non-hydrogen) atoms. The molecule has 1 heterocycles. The van der Waals surface area contributed by atoms with Gasteiger partial charge in [0.25, 0.3) is 0 Å². The minimum Gasteiger partial charge on any atom is -0.508 e. The van der Waals surface area contributed by atoms with Crippen LogP contribution in [0.5, 0.6) is 0 Å². The summed E-state index contributed by atoms with van der Waals surface area (Å²) in [5.74, 6) is 0.280. The van der Waals surface area contributed by atoms with Gasteiger partial charge in [-0.2, -0.15) is 18.2 Å². The number of aliphatic hydroxyl groups is 1. The van der Waals surface area contributed by atoms with Crippen molar-refractivity contribution in [2.75, 3.05) is 0 Å². The van der Waals surface area contributed by atoms with Gasteiger partial charge in [-0.1, -0.05) is 36.4 Å². The Morgan fingerprint density at radius 3 is 2.45 bits per heavy atom. The van der Waals surface area contributed by atoms with E-state index in [4.69, 9.17) is 4.84 Å². The quantitative estimate of drug-likeness (QED) is 0.511. The molecule has 0 aromatic heterocycles. The van der Waals surface area contributed by atoms with Gasteiger partial charge in [0.1, 0.15) is 5.76 Å². The Bertz CT molecular complexity index is 481. The number of hydrogen-bond acceptors (Lipinski definition) is 3. The fourth-order valence-electron chi connectivity index (χ4n) is 1.83. The molecule has 1 N–H and O–H groups in total. The van der Waals surface area contributed by atoms with E-state index in [0.29, 0.717) is 6.42 Å². The molecular weight excluding hydrogens is 294 g/mol. The fraction of sp³-hybridized carbons (Fsp3) is 0.250. The van der Waals surface area contributed by atoms with Crippen LogP contribution < -0.4 is 0 Å². The van der Waals surface area contributed by atoms with E-state index >= 15 is 0 Å². The van der Waals surface area contributed by atoms with Crippen LogP contribution in [0.15, 0.2) is 71.1 Å². The summed E-state index contributed by atoms with van der Waals surface area (Å²) in [6.07, 6.45) is 8.81. The predicted molar refractivity (Wildman–Crippen MR) is 77.2 cm³/mol. The molecule has 0 saturated carbocycles. The van der Waals surface area contributed by atoms with Gasteiger partial charge in [0.2, 0.25) is 0 Å². The smallest absolute Gasteiger partial charge is 0.189 e. The standard InChI is InChI=1S/C11H13NO2.C5H5.Fe/c1-2-9-7-10(14-12-9)11(13)8-5-3-4-6-8;1-2-4-5-3-1;/h3-6,10,13H,2,7H2,1H3;1-5H;/q;-1;. The van der Waals surface area contributed by atoms with Crippen molar-refractivity contribution in [3.05, 3.63) is 66.0 Å². The molecule has 0 radical (unpaired) electrons. The first-order valence-corrected chi connectivity index (χ1v) is 6.47. The van der Waals surface area contributed by atoms with Crippen LogP contribution in [0.25, 0.3) is 0 Å². The molecule has 0 fully saturated rings. The Labute approximate surface area is 130 Å². The molecule has 1 aromatic rings. The van der Waals surface area contributed by atoms with Gasteiger partial charge in [0.15, 0.2) is 6.10 Å². The number of allylic oxidation sites excluding steroid dienone is 5. The van der Waals surface area contributed by atoms with Gasteiger partial charge in [-0.25, -0.2) is 12.1 Å². The maximum Gasteiger partial charge on any atom is 0.189 e. The first-order chi connectivity index (χ1) is 9.31. The number of nitrogens with zero attached hydrogens (tertiary/aromatic N) is 1. The van der Waals surface area contributed by atoms with E-state index in [9.17, 15) is 5.11 Å². The Hall–Kier alpha value is -1.64. The Morgan fingerprint density at radius 1 is 1.35 bits per heavy atom. The minimum atomic E-state index is -0.285. The second-order valence-electron chi connectivity index (χ2n) is 4.33. The summed E-state index contributed by atoms with van der Waals surface area (Å²) in [5.41, 5.74) is 1.83. The molecule has 4 heteroatoms. The van der Waals surface area contributed by atoms with Gasteiger partial charge in [-0.15, -0.1) is 0 Å². The summed E-state index contributed by atoms with van der Waals surface area (Å²) in [7, 11) is 0. The van der Waals surface area contributed by atoms with E-state index in [-0.39, 0.29) is 28.9 Å². The first kappa shape index (κ1) is 16.4. The molecule has 1 unspecified atom stereocenters. The van der Waals surface area contributed by atoms with Crippen molar-refractivity contribution < 1.29 is 27.0 Å². The third-order valence-electron chi connectivity index (χ3n) is 2.96. The Kier molecular flexibility index (Phi) is 6.99. The second-order valence-corrected chi connectivity index (χ2v) is 4.33. The molecule has 3 nitrogen and oxygen atoms in total. The molecule has 3 rings (SSSR count). The van der Waals surface area contributed by atoms with Crippen molar-refractivity contribution in [1.29, 1.82) is 0 Å². The molecule has 2 aliphatic rings. The van der Waals surface area contributed by atoms with Crippen LogP contribution in [-0.2, 0) is 21.9 Å². The van der Waals surface area contributed by atoms with Crippen molar-refractivity contribution >= 4 is 5.71 Å². The van der Waals surface area contributed by atoms with Crippen molar-refractivity contribution in [3.63, 3.8) is 0 Å². The summed E-state index contributed by atoms with van der Waals surface area (Å²) < 4.78 is 0. The number of rotatable bonds is 2. The molecule has 108 valence electrons. The van der Waals surface area contributed by atoms with E-state index in [2.05, 4.69) is 5.16 Å². The molecular formula is C16H18FeNO2-. The monoisotopic (exact) mass is 312 g/mol. The number of aliphatic hydroxyl groups excluding tert-OH is 1. The van der Waals surface area contributed by atoms with Crippen molar-refractivity contribution in [2.24, 2.45) is 5.16 Å². The normalized spacial score (nSPS) is 18.8. The zero-order chi connectivity index (χ0) is 13.5. The maximum absolute atomic E-state index is 9.84. The van der Waals surface area contributed by atoms with Crippen LogP contribution in [0.4, 0.5) is 0 Å². The van der Waals surface area contributed by atoms with E-state index in [1.165, 1.54) is 0 Å². The largest absolute Gasteiger partial charge is 0.508 e. The summed E-state index contributed by atoms with van der Waals surface area (Å²) in [6.45, 7) is 2.03. The maximum atomic E-state index is 9.84. The third-order valence-corrected chi connectivity index (χ3v) is 2.96. The molecule has 0 spiro atoms. The van der Waals surface area contributed by atoms with Gasteiger partial charge in [-0.05, 0) is 6.42 Å². The van der Waals surface area contributed by atoms with Crippen molar-refractivity contribution in [2.45, 2.75) is 25.9 Å². The topological polar surface area (TPSA) is 41.8 Å². The van der Waals surface area contributed by atoms with Crippen LogP contribution in [0, 0.1) is 0 Å². The fourth-order valence-corrected chi connectivity index (χ4v) is 1.83. The second kappa shape index (κ2) is 8.51. The van der Waals surface area contributed by atoms with Crippen LogP contribution >= 0.6 is 0 Å². The van der Waals surface area contributed by atoms with Gasteiger partial charge < -0.3 is 9.94 Å². The van der Waals surface area contributed by atoms with E-state index < -0.39 is 0 Å². The van der Waals surface area contributed by atoms with E-state index in [1.54, 1.807) is 0 Å². The predicted octanol–water partition coefficient (Wildman–Crippen LogP) is 3.88. The Morgan fingerprint density at radius 2 is 2.00 bits per heavy atom. The van der Waals surface area contributed by atoms with Crippen LogP contribution in [-0.4, -0.2) is 16.9 Å². The van der Waals surface area contributed by atoms with E-state index in [0.717, 1.165) is 17.7 Å². The molecule has 1 atom stereocenters. The summed E-state index contributed by atoms with van der Waals surface area (Å²) >= 11 is 0. The Balaban J connectivity index is 0.000000283. The number of hydrogen-bond donors (Lipinski definition) is 1. The SMILES string of the molecule is CCC1=NOC(C(O)=C2C=CC=C2)C1.[Fe].c1cc[cH-]c1. The van der Waals surface area contributed by atoms with Crippen LogP contribution in [0.2, 0.25) is 0 Å². The van der Waals surface area contributed by atoms with Gasteiger partial charge in [0.05, 0.1) is 5.71 Å². The average Bonchev–Trinajstić information content (AvgIpc) is 3.20. The summed E-state index contributed by atoms with van der Waals surface area (Å²) in [6, 6.07) is 10.0. The molecule has 0 amide bonds. The molecule has 1 aliphatic heterocycles. The third kappa shape index (κ3) is 4.48. The van der Waals surface area contributed by atoms with Crippen molar-refractivity contribution in [3.8, 4) is 0 Å². The average molecular weight is 312 g/mol. The van der Waals surface area contributed by atoms with Gasteiger partial charge in [0, 0.05) is 29.1 Å². The zero-order valence-electron chi connectivity index (χ0n) is 11.3. The summed E-state index contributed by atoms with van der Waals surface area (Å²) in [5, 5.41) is 13.7. The summed E-state index contributed by atoms with van der Waals surface area (Å²) in [4.78, 5) is 5.14. The molecule has 0 bridgehead atoms. The number of oxime groups is 1. The minimum absolute atomic E-state index is 0. The first-order valence-electron chi connectivity index (χ1n) is 6.47. The zero-order valence-corrected chi connectivity index (χ0v) is 12.4. The molecule has 1 aromatic carbocycles. The van der Waals surface area contributed by atoms with Crippen LogP contribution in [0.3, 0.4) is 0 Å². The molecule has 1 aliphatic carbocycles. The molecule has 0 saturated heterocycles. The van der Waals surface area contributed by atoms with Crippen molar-refractivity contribution in [1.82, 2.24) is 0 Å². The van der Waals surface area contributed by atoms with Crippen LogP contribution in [0.1, 0.15) is 19.8 Å². The van der Waals surface area contributed by atoms with E-state index in [1.807, 2.05) is 61.6 Å². The van der Waals surface area contributed by atoms with Gasteiger partial charge >= 0.3 is 0 Å². The van der Waals surface area contributed by atoms with Gasteiger partial charge in [-0.3, -0.25) is 0 Å².